The second kappa shape index (κ2) is 8.79. The van der Waals surface area contributed by atoms with Crippen molar-refractivity contribution >= 4 is 5.91 Å². The lowest BCUT2D eigenvalue weighted by Gasteiger charge is -2.27. The van der Waals surface area contributed by atoms with E-state index in [2.05, 4.69) is 29.6 Å². The third-order valence-electron chi connectivity index (χ3n) is 4.33. The van der Waals surface area contributed by atoms with Crippen LogP contribution >= 0.6 is 0 Å². The van der Waals surface area contributed by atoms with E-state index in [1.165, 1.54) is 0 Å². The van der Waals surface area contributed by atoms with Crippen molar-refractivity contribution in [3.05, 3.63) is 120 Å². The number of nitrogens with one attached hydrogen (secondary N) is 2. The lowest BCUT2D eigenvalue weighted by atomic mass is 9.87. The van der Waals surface area contributed by atoms with Gasteiger partial charge in [-0.25, -0.2) is 5.43 Å². The Morgan fingerprint density at radius 2 is 1.27 bits per heavy atom. The molecule has 0 radical (unpaired) electrons. The fraction of sp³-hybridized carbons (Fsp3) is 0.0870. The van der Waals surface area contributed by atoms with Gasteiger partial charge in [-0.3, -0.25) is 10.2 Å². The van der Waals surface area contributed by atoms with Crippen LogP contribution in [0.3, 0.4) is 0 Å². The van der Waals surface area contributed by atoms with Crippen LogP contribution < -0.4 is 10.9 Å². The molecule has 0 saturated carbocycles. The summed E-state index contributed by atoms with van der Waals surface area (Å²) in [6.07, 6.45) is 1.91. The fourth-order valence-corrected chi connectivity index (χ4v) is 2.99. The average molecular weight is 342 g/mol. The zero-order valence-electron chi connectivity index (χ0n) is 14.5. The molecule has 3 rings (SSSR count). The van der Waals surface area contributed by atoms with Crippen LogP contribution in [0, 0.1) is 0 Å². The predicted molar refractivity (Wildman–Crippen MR) is 106 cm³/mol. The maximum Gasteiger partial charge on any atom is 0.265 e. The topological polar surface area (TPSA) is 41.1 Å². The Kier molecular flexibility index (Phi) is 5.96. The summed E-state index contributed by atoms with van der Waals surface area (Å²) in [5.74, 6) is -0.155. The van der Waals surface area contributed by atoms with Crippen molar-refractivity contribution in [3.63, 3.8) is 0 Å². The molecule has 26 heavy (non-hydrogen) atoms. The molecule has 3 heteroatoms. The number of hydrogen-bond acceptors (Lipinski definition) is 2. The Morgan fingerprint density at radius 1 is 0.769 bits per heavy atom. The highest BCUT2D eigenvalue weighted by Gasteiger charge is 2.22. The summed E-state index contributed by atoms with van der Waals surface area (Å²) in [4.78, 5) is 12.4. The number of hydrazine groups is 1. The summed E-state index contributed by atoms with van der Waals surface area (Å²) < 4.78 is 0. The van der Waals surface area contributed by atoms with E-state index in [9.17, 15) is 4.79 Å². The SMILES string of the molecule is C=C[C@@H](c1ccccc1)[C@H](NNC(=O)c1ccccc1)c1ccccc1. The Labute approximate surface area is 154 Å². The highest BCUT2D eigenvalue weighted by Crippen LogP contribution is 2.31. The normalized spacial score (nSPS) is 12.8. The highest BCUT2D eigenvalue weighted by atomic mass is 16.2. The Bertz CT molecular complexity index is 832. The van der Waals surface area contributed by atoms with Gasteiger partial charge in [0, 0.05) is 11.5 Å². The average Bonchev–Trinajstić information content (AvgIpc) is 2.73. The lowest BCUT2D eigenvalue weighted by molar-refractivity contribution is 0.0923. The zero-order valence-corrected chi connectivity index (χ0v) is 14.5. The summed E-state index contributed by atoms with van der Waals surface area (Å²) in [6, 6.07) is 29.2. The molecule has 0 aromatic heterocycles. The van der Waals surface area contributed by atoms with Crippen molar-refractivity contribution in [2.45, 2.75) is 12.0 Å². The molecular formula is C23H22N2O. The highest BCUT2D eigenvalue weighted by molar-refractivity contribution is 5.93. The molecule has 0 heterocycles. The van der Waals surface area contributed by atoms with E-state index < -0.39 is 0 Å². The van der Waals surface area contributed by atoms with Gasteiger partial charge in [0.1, 0.15) is 0 Å². The number of benzene rings is 3. The first-order valence-electron chi connectivity index (χ1n) is 8.63. The molecule has 1 amide bonds. The molecule has 0 aliphatic rings. The molecule has 2 atom stereocenters. The molecule has 3 aromatic rings. The van der Waals surface area contributed by atoms with Gasteiger partial charge >= 0.3 is 0 Å². The van der Waals surface area contributed by atoms with Crippen molar-refractivity contribution in [1.82, 2.24) is 10.9 Å². The number of rotatable bonds is 7. The monoisotopic (exact) mass is 342 g/mol. The molecule has 0 spiro atoms. The molecule has 3 aromatic carbocycles. The van der Waals surface area contributed by atoms with Gasteiger partial charge in [-0.05, 0) is 23.3 Å². The zero-order chi connectivity index (χ0) is 18.2. The summed E-state index contributed by atoms with van der Waals surface area (Å²) in [5.41, 5.74) is 8.89. The van der Waals surface area contributed by atoms with Gasteiger partial charge in [0.25, 0.3) is 5.91 Å². The first kappa shape index (κ1) is 17.6. The van der Waals surface area contributed by atoms with Crippen LogP contribution in [0.1, 0.15) is 33.4 Å². The fourth-order valence-electron chi connectivity index (χ4n) is 2.99. The van der Waals surface area contributed by atoms with Crippen LogP contribution in [0.15, 0.2) is 104 Å². The van der Waals surface area contributed by atoms with Crippen LogP contribution in [-0.2, 0) is 0 Å². The molecule has 130 valence electrons. The maximum atomic E-state index is 12.4. The van der Waals surface area contributed by atoms with Crippen LogP contribution in [-0.4, -0.2) is 5.91 Å². The van der Waals surface area contributed by atoms with E-state index in [1.807, 2.05) is 72.8 Å². The minimum absolute atomic E-state index is 0.00896. The maximum absolute atomic E-state index is 12.4. The van der Waals surface area contributed by atoms with Gasteiger partial charge < -0.3 is 0 Å². The lowest BCUT2D eigenvalue weighted by Crippen LogP contribution is -2.41. The van der Waals surface area contributed by atoms with E-state index in [4.69, 9.17) is 0 Å². The molecule has 0 fully saturated rings. The minimum atomic E-state index is -0.164. The molecular weight excluding hydrogens is 320 g/mol. The van der Waals surface area contributed by atoms with Crippen LogP contribution in [0.25, 0.3) is 0 Å². The van der Waals surface area contributed by atoms with Crippen molar-refractivity contribution in [3.8, 4) is 0 Å². The van der Waals surface area contributed by atoms with E-state index in [1.54, 1.807) is 12.1 Å². The number of carbonyl (C=O) groups excluding carboxylic acids is 1. The Hall–Kier alpha value is -3.17. The van der Waals surface area contributed by atoms with Crippen molar-refractivity contribution in [1.29, 1.82) is 0 Å². The molecule has 2 N–H and O–H groups in total. The second-order valence-electron chi connectivity index (χ2n) is 6.03. The largest absolute Gasteiger partial charge is 0.287 e. The van der Waals surface area contributed by atoms with Gasteiger partial charge in [-0.2, -0.15) is 0 Å². The molecule has 0 aliphatic heterocycles. The number of amides is 1. The van der Waals surface area contributed by atoms with Gasteiger partial charge in [0.05, 0.1) is 6.04 Å². The molecule has 0 unspecified atom stereocenters. The first-order chi connectivity index (χ1) is 12.8. The number of carbonyl (C=O) groups is 1. The smallest absolute Gasteiger partial charge is 0.265 e. The summed E-state index contributed by atoms with van der Waals surface area (Å²) in [5, 5.41) is 0. The second-order valence-corrected chi connectivity index (χ2v) is 6.03. The van der Waals surface area contributed by atoms with E-state index >= 15 is 0 Å². The van der Waals surface area contributed by atoms with Crippen LogP contribution in [0.2, 0.25) is 0 Å². The van der Waals surface area contributed by atoms with Crippen LogP contribution in [0.5, 0.6) is 0 Å². The molecule has 0 saturated heterocycles. The van der Waals surface area contributed by atoms with Gasteiger partial charge in [0.2, 0.25) is 0 Å². The third kappa shape index (κ3) is 4.26. The first-order valence-corrected chi connectivity index (χ1v) is 8.63. The van der Waals surface area contributed by atoms with E-state index in [0.29, 0.717) is 5.56 Å². The third-order valence-corrected chi connectivity index (χ3v) is 4.33. The molecule has 0 aliphatic carbocycles. The predicted octanol–water partition coefficient (Wildman–Crippen LogP) is 4.63. The molecule has 3 nitrogen and oxygen atoms in total. The quantitative estimate of drug-likeness (QED) is 0.485. The molecule has 0 bridgehead atoms. The van der Waals surface area contributed by atoms with Gasteiger partial charge in [-0.1, -0.05) is 84.9 Å². The van der Waals surface area contributed by atoms with Crippen LogP contribution in [0.4, 0.5) is 0 Å². The van der Waals surface area contributed by atoms with Crippen molar-refractivity contribution < 1.29 is 4.79 Å². The van der Waals surface area contributed by atoms with E-state index in [0.717, 1.165) is 11.1 Å². The number of hydrogen-bond donors (Lipinski definition) is 2. The van der Waals surface area contributed by atoms with Crippen molar-refractivity contribution in [2.24, 2.45) is 0 Å². The standard InChI is InChI=1S/C23H22N2O/c1-2-21(18-12-6-3-7-13-18)22(19-14-8-4-9-15-19)24-25-23(26)20-16-10-5-11-17-20/h2-17,21-22,24H,1H2,(H,25,26)/t21-,22+/m0/s1. The van der Waals surface area contributed by atoms with Gasteiger partial charge in [0.15, 0.2) is 0 Å². The summed E-state index contributed by atoms with van der Waals surface area (Å²) in [6.45, 7) is 4.02. The minimum Gasteiger partial charge on any atom is -0.287 e. The Morgan fingerprint density at radius 3 is 1.81 bits per heavy atom. The van der Waals surface area contributed by atoms with Gasteiger partial charge in [-0.15, -0.1) is 6.58 Å². The summed E-state index contributed by atoms with van der Waals surface area (Å²) >= 11 is 0. The summed E-state index contributed by atoms with van der Waals surface area (Å²) in [7, 11) is 0. The van der Waals surface area contributed by atoms with Crippen molar-refractivity contribution in [2.75, 3.05) is 0 Å². The Balaban J connectivity index is 1.84. The van der Waals surface area contributed by atoms with E-state index in [-0.39, 0.29) is 17.9 Å².